The van der Waals surface area contributed by atoms with Crippen LogP contribution in [0.15, 0.2) is 66.7 Å². The SMILES string of the molecule is COc1cc2c3cc1OCC(=O)NCCCOc1cccc(c1)C2N(C(=O)c1ccc(-n2nc(C)cc2C)cc1)CC3. The molecule has 0 saturated heterocycles. The van der Waals surface area contributed by atoms with Crippen LogP contribution >= 0.6 is 0 Å². The van der Waals surface area contributed by atoms with Crippen molar-refractivity contribution in [2.75, 3.05) is 33.4 Å². The number of carbonyl (C=O) groups is 2. The van der Waals surface area contributed by atoms with Gasteiger partial charge in [-0.05, 0) is 98.0 Å². The Morgan fingerprint density at radius 2 is 1.88 bits per heavy atom. The van der Waals surface area contributed by atoms with Crippen LogP contribution in [0.25, 0.3) is 5.69 Å². The Bertz CT molecular complexity index is 1630. The molecule has 0 aliphatic carbocycles. The van der Waals surface area contributed by atoms with Crippen LogP contribution in [-0.4, -0.2) is 59.9 Å². The van der Waals surface area contributed by atoms with Crippen molar-refractivity contribution in [1.29, 1.82) is 0 Å². The number of methoxy groups -OCH3 is 1. The Morgan fingerprint density at radius 1 is 1.05 bits per heavy atom. The molecule has 0 spiro atoms. The van der Waals surface area contributed by atoms with Crippen molar-refractivity contribution in [2.45, 2.75) is 32.7 Å². The summed E-state index contributed by atoms with van der Waals surface area (Å²) in [5.41, 5.74) is 6.41. The number of aromatic nitrogens is 2. The number of amides is 2. The van der Waals surface area contributed by atoms with Crippen LogP contribution in [0, 0.1) is 13.8 Å². The van der Waals surface area contributed by atoms with Crippen molar-refractivity contribution >= 4 is 11.8 Å². The third-order valence-electron chi connectivity index (χ3n) is 7.73. The molecule has 4 heterocycles. The van der Waals surface area contributed by atoms with Crippen LogP contribution in [0.2, 0.25) is 0 Å². The smallest absolute Gasteiger partial charge is 0.257 e. The van der Waals surface area contributed by atoms with Gasteiger partial charge in [-0.1, -0.05) is 12.1 Å². The summed E-state index contributed by atoms with van der Waals surface area (Å²) < 4.78 is 19.5. The lowest BCUT2D eigenvalue weighted by Gasteiger charge is -2.38. The molecule has 1 aromatic heterocycles. The Balaban J connectivity index is 1.40. The molecule has 7 rings (SSSR count). The van der Waals surface area contributed by atoms with Gasteiger partial charge in [0.05, 0.1) is 31.1 Å². The molecule has 9 heteroatoms. The van der Waals surface area contributed by atoms with Crippen molar-refractivity contribution in [3.8, 4) is 22.9 Å². The van der Waals surface area contributed by atoms with E-state index in [-0.39, 0.29) is 24.5 Å². The lowest BCUT2D eigenvalue weighted by atomic mass is 9.87. The second-order valence-corrected chi connectivity index (χ2v) is 10.7. The number of nitrogens with one attached hydrogen (secondary N) is 1. The standard InChI is InChI=1S/C33H34N4O5/c1-21-16-22(2)37(35-21)26-10-8-23(9-11-26)33(39)36-14-12-24-18-30-29(40-3)19-28(24)32(36)25-6-4-7-27(17-25)41-15-5-13-34-31(38)20-42-30/h4,6-11,16-19,32H,5,12-15,20H2,1-3H3,(H,34,38). The molecule has 0 fully saturated rings. The van der Waals surface area contributed by atoms with Gasteiger partial charge in [-0.3, -0.25) is 9.59 Å². The third-order valence-corrected chi connectivity index (χ3v) is 7.73. The second kappa shape index (κ2) is 11.6. The maximum Gasteiger partial charge on any atom is 0.257 e. The summed E-state index contributed by atoms with van der Waals surface area (Å²) >= 11 is 0. The van der Waals surface area contributed by atoms with E-state index in [1.165, 1.54) is 0 Å². The number of benzene rings is 3. The summed E-state index contributed by atoms with van der Waals surface area (Å²) in [4.78, 5) is 28.4. The summed E-state index contributed by atoms with van der Waals surface area (Å²) in [5.74, 6) is 1.46. The monoisotopic (exact) mass is 566 g/mol. The van der Waals surface area contributed by atoms with E-state index in [4.69, 9.17) is 14.2 Å². The van der Waals surface area contributed by atoms with Gasteiger partial charge in [0.2, 0.25) is 0 Å². The molecule has 4 aromatic rings. The van der Waals surface area contributed by atoms with Crippen LogP contribution in [0.1, 0.15) is 50.9 Å². The Kier molecular flexibility index (Phi) is 7.56. The summed E-state index contributed by atoms with van der Waals surface area (Å²) in [5, 5.41) is 7.43. The van der Waals surface area contributed by atoms with E-state index in [9.17, 15) is 9.59 Å². The van der Waals surface area contributed by atoms with Gasteiger partial charge >= 0.3 is 0 Å². The molecule has 0 saturated carbocycles. The van der Waals surface area contributed by atoms with Crippen LogP contribution in [-0.2, 0) is 11.2 Å². The molecule has 3 aliphatic rings. The first kappa shape index (κ1) is 27.4. The number of ether oxygens (including phenoxy) is 3. The van der Waals surface area contributed by atoms with E-state index in [0.717, 1.165) is 33.8 Å². The normalized spacial score (nSPS) is 16.8. The highest BCUT2D eigenvalue weighted by molar-refractivity contribution is 5.95. The van der Waals surface area contributed by atoms with Gasteiger partial charge in [0.15, 0.2) is 18.1 Å². The van der Waals surface area contributed by atoms with E-state index < -0.39 is 0 Å². The van der Waals surface area contributed by atoms with Crippen LogP contribution < -0.4 is 19.5 Å². The van der Waals surface area contributed by atoms with Gasteiger partial charge < -0.3 is 24.4 Å². The minimum Gasteiger partial charge on any atom is -0.494 e. The van der Waals surface area contributed by atoms with Gasteiger partial charge in [0.25, 0.3) is 11.8 Å². The van der Waals surface area contributed by atoms with Crippen molar-refractivity contribution in [3.63, 3.8) is 0 Å². The van der Waals surface area contributed by atoms with E-state index in [1.54, 1.807) is 7.11 Å². The molecule has 1 unspecified atom stereocenters. The molecule has 2 amide bonds. The topological polar surface area (TPSA) is 94.9 Å². The maximum atomic E-state index is 14.1. The van der Waals surface area contributed by atoms with Gasteiger partial charge in [-0.15, -0.1) is 0 Å². The average Bonchev–Trinajstić information content (AvgIpc) is 3.35. The minimum atomic E-state index is -0.375. The zero-order valence-electron chi connectivity index (χ0n) is 24.1. The molecule has 1 atom stereocenters. The predicted octanol–water partition coefficient (Wildman–Crippen LogP) is 4.56. The van der Waals surface area contributed by atoms with Gasteiger partial charge in [-0.25, -0.2) is 4.68 Å². The first-order valence-electron chi connectivity index (χ1n) is 14.2. The summed E-state index contributed by atoms with van der Waals surface area (Å²) in [6.07, 6.45) is 1.28. The summed E-state index contributed by atoms with van der Waals surface area (Å²) in [7, 11) is 1.58. The fraction of sp³-hybridized carbons (Fsp3) is 0.303. The largest absolute Gasteiger partial charge is 0.494 e. The Labute approximate surface area is 245 Å². The molecular formula is C33H34N4O5. The van der Waals surface area contributed by atoms with Crippen molar-refractivity contribution < 1.29 is 23.8 Å². The number of nitrogens with zero attached hydrogens (tertiary/aromatic N) is 3. The number of rotatable bonds is 3. The highest BCUT2D eigenvalue weighted by Gasteiger charge is 2.34. The fourth-order valence-electron chi connectivity index (χ4n) is 5.74. The summed E-state index contributed by atoms with van der Waals surface area (Å²) in [6, 6.07) is 21.0. The summed E-state index contributed by atoms with van der Waals surface area (Å²) in [6.45, 7) is 5.30. The predicted molar refractivity (Wildman–Crippen MR) is 158 cm³/mol. The van der Waals surface area contributed by atoms with Gasteiger partial charge in [-0.2, -0.15) is 5.10 Å². The molecular weight excluding hydrogens is 532 g/mol. The van der Waals surface area contributed by atoms with E-state index in [2.05, 4.69) is 10.4 Å². The lowest BCUT2D eigenvalue weighted by Crippen LogP contribution is -2.40. The third kappa shape index (κ3) is 5.42. The van der Waals surface area contributed by atoms with E-state index in [1.807, 2.05) is 90.2 Å². The van der Waals surface area contributed by atoms with Gasteiger partial charge in [0, 0.05) is 24.3 Å². The number of hydrogen-bond acceptors (Lipinski definition) is 6. The number of hydrogen-bond donors (Lipinski definition) is 1. The average molecular weight is 567 g/mol. The molecule has 0 radical (unpaired) electrons. The van der Waals surface area contributed by atoms with Crippen LogP contribution in [0.5, 0.6) is 17.2 Å². The molecule has 6 bridgehead atoms. The Morgan fingerprint density at radius 3 is 2.64 bits per heavy atom. The minimum absolute atomic E-state index is 0.0674. The van der Waals surface area contributed by atoms with Crippen molar-refractivity contribution in [2.24, 2.45) is 0 Å². The fourth-order valence-corrected chi connectivity index (χ4v) is 5.74. The first-order valence-corrected chi connectivity index (χ1v) is 14.2. The molecule has 9 nitrogen and oxygen atoms in total. The van der Waals surface area contributed by atoms with E-state index >= 15 is 0 Å². The zero-order chi connectivity index (χ0) is 29.2. The number of carbonyl (C=O) groups excluding carboxylic acids is 2. The number of aryl methyl sites for hydroxylation is 2. The first-order chi connectivity index (χ1) is 20.4. The molecule has 3 aliphatic heterocycles. The Hall–Kier alpha value is -4.79. The lowest BCUT2D eigenvalue weighted by molar-refractivity contribution is -0.123. The highest BCUT2D eigenvalue weighted by Crippen LogP contribution is 2.42. The van der Waals surface area contributed by atoms with Crippen molar-refractivity contribution in [1.82, 2.24) is 20.0 Å². The maximum absolute atomic E-state index is 14.1. The molecule has 1 N–H and O–H groups in total. The second-order valence-electron chi connectivity index (χ2n) is 10.7. The van der Waals surface area contributed by atoms with Crippen molar-refractivity contribution in [3.05, 3.63) is 100 Å². The molecule has 216 valence electrons. The highest BCUT2D eigenvalue weighted by atomic mass is 16.5. The molecule has 42 heavy (non-hydrogen) atoms. The van der Waals surface area contributed by atoms with Crippen LogP contribution in [0.3, 0.4) is 0 Å². The van der Waals surface area contributed by atoms with Crippen LogP contribution in [0.4, 0.5) is 0 Å². The molecule has 3 aromatic carbocycles. The van der Waals surface area contributed by atoms with E-state index in [0.29, 0.717) is 55.4 Å². The van der Waals surface area contributed by atoms with Gasteiger partial charge in [0.1, 0.15) is 5.75 Å². The zero-order valence-corrected chi connectivity index (χ0v) is 24.1. The quantitative estimate of drug-likeness (QED) is 0.391. The number of fused-ring (bicyclic) bond motifs is 8.